The molecule has 15 heavy (non-hydrogen) atoms. The molecule has 1 unspecified atom stereocenters. The topological polar surface area (TPSA) is 42.2 Å². The van der Waals surface area contributed by atoms with Gasteiger partial charge >= 0.3 is 0 Å². The highest BCUT2D eigenvalue weighted by Crippen LogP contribution is 2.22. The fourth-order valence-electron chi connectivity index (χ4n) is 1.60. The van der Waals surface area contributed by atoms with Gasteiger partial charge in [-0.3, -0.25) is 0 Å². The monoisotopic (exact) mass is 225 g/mol. The average molecular weight is 225 g/mol. The van der Waals surface area contributed by atoms with E-state index in [4.69, 9.17) is 5.73 Å². The minimum absolute atomic E-state index is 0.520. The molecule has 1 aromatic heterocycles. The molecule has 1 heterocycles. The lowest BCUT2D eigenvalue weighted by Gasteiger charge is -2.29. The summed E-state index contributed by atoms with van der Waals surface area (Å²) in [4.78, 5) is 6.33. The first-order valence-electron chi connectivity index (χ1n) is 5.13. The predicted octanol–water partition coefficient (Wildman–Crippen LogP) is 2.24. The molecule has 0 aromatic carbocycles. The Morgan fingerprint density at radius 3 is 2.87 bits per heavy atom. The molecule has 1 rings (SSSR count). The van der Waals surface area contributed by atoms with Gasteiger partial charge in [-0.1, -0.05) is 6.92 Å². The number of nitrogens with two attached hydrogens (primary N) is 1. The summed E-state index contributed by atoms with van der Waals surface area (Å²) in [6.07, 6.45) is 4.97. The summed E-state index contributed by atoms with van der Waals surface area (Å²) in [6.45, 7) is 2.20. The van der Waals surface area contributed by atoms with Gasteiger partial charge in [0.15, 0.2) is 0 Å². The van der Waals surface area contributed by atoms with Gasteiger partial charge in [-0.2, -0.15) is 11.8 Å². The molecule has 1 aromatic rings. The molecular formula is C11H19N3S. The van der Waals surface area contributed by atoms with Crippen LogP contribution in [-0.4, -0.2) is 30.1 Å². The molecule has 2 N–H and O–H groups in total. The summed E-state index contributed by atoms with van der Waals surface area (Å²) in [5.41, 5.74) is 6.88. The molecule has 0 radical (unpaired) electrons. The number of thioether (sulfide) groups is 1. The van der Waals surface area contributed by atoms with Crippen LogP contribution in [0.3, 0.4) is 0 Å². The van der Waals surface area contributed by atoms with Crippen LogP contribution in [0, 0.1) is 0 Å². The van der Waals surface area contributed by atoms with Crippen molar-refractivity contribution in [3.05, 3.63) is 18.3 Å². The number of aromatic nitrogens is 1. The van der Waals surface area contributed by atoms with Crippen LogP contribution in [0.4, 0.5) is 11.5 Å². The average Bonchev–Trinajstić information content (AvgIpc) is 2.25. The van der Waals surface area contributed by atoms with Crippen molar-refractivity contribution in [1.29, 1.82) is 0 Å². The van der Waals surface area contributed by atoms with Crippen molar-refractivity contribution >= 4 is 23.3 Å². The second kappa shape index (κ2) is 5.85. The maximum absolute atomic E-state index is 5.85. The number of hydrogen-bond acceptors (Lipinski definition) is 4. The van der Waals surface area contributed by atoms with E-state index in [0.29, 0.717) is 11.9 Å². The van der Waals surface area contributed by atoms with Crippen molar-refractivity contribution in [2.75, 3.05) is 29.7 Å². The van der Waals surface area contributed by atoms with Crippen LogP contribution in [-0.2, 0) is 0 Å². The first-order chi connectivity index (χ1) is 7.20. The van der Waals surface area contributed by atoms with E-state index in [9.17, 15) is 0 Å². The first kappa shape index (κ1) is 12.2. The van der Waals surface area contributed by atoms with Crippen molar-refractivity contribution in [3.63, 3.8) is 0 Å². The molecule has 0 aliphatic heterocycles. The van der Waals surface area contributed by atoms with Crippen LogP contribution in [0.1, 0.15) is 13.3 Å². The molecule has 0 fully saturated rings. The van der Waals surface area contributed by atoms with E-state index in [1.54, 1.807) is 6.20 Å². The summed E-state index contributed by atoms with van der Waals surface area (Å²) in [5.74, 6) is 1.72. The van der Waals surface area contributed by atoms with Gasteiger partial charge in [-0.15, -0.1) is 0 Å². The van der Waals surface area contributed by atoms with Crippen LogP contribution < -0.4 is 10.6 Å². The zero-order chi connectivity index (χ0) is 11.3. The third kappa shape index (κ3) is 3.02. The fraction of sp³-hybridized carbons (Fsp3) is 0.545. The van der Waals surface area contributed by atoms with Crippen LogP contribution in [0.5, 0.6) is 0 Å². The number of rotatable bonds is 5. The van der Waals surface area contributed by atoms with Gasteiger partial charge in [-0.05, 0) is 24.8 Å². The summed E-state index contributed by atoms with van der Waals surface area (Å²) >= 11 is 1.86. The van der Waals surface area contributed by atoms with E-state index in [0.717, 1.165) is 17.9 Å². The number of nitrogens with zero attached hydrogens (tertiary/aromatic N) is 2. The molecule has 0 saturated carbocycles. The van der Waals surface area contributed by atoms with Crippen molar-refractivity contribution in [2.45, 2.75) is 19.4 Å². The van der Waals surface area contributed by atoms with Crippen LogP contribution in [0.25, 0.3) is 0 Å². The Hall–Kier alpha value is -0.900. The van der Waals surface area contributed by atoms with Gasteiger partial charge < -0.3 is 10.6 Å². The van der Waals surface area contributed by atoms with Crippen LogP contribution >= 0.6 is 11.8 Å². The largest absolute Gasteiger partial charge is 0.382 e. The molecule has 3 nitrogen and oxygen atoms in total. The van der Waals surface area contributed by atoms with Crippen molar-refractivity contribution in [1.82, 2.24) is 4.98 Å². The molecule has 0 saturated heterocycles. The molecule has 1 atom stereocenters. The number of anilines is 2. The molecule has 4 heteroatoms. The van der Waals surface area contributed by atoms with Gasteiger partial charge in [0.25, 0.3) is 0 Å². The van der Waals surface area contributed by atoms with Crippen LogP contribution in [0.2, 0.25) is 0 Å². The third-order valence-corrected chi connectivity index (χ3v) is 3.29. The lowest BCUT2D eigenvalue weighted by molar-refractivity contribution is 0.673. The number of nitrogen functional groups attached to an aromatic ring is 1. The van der Waals surface area contributed by atoms with E-state index < -0.39 is 0 Å². The Bertz CT molecular complexity index is 304. The normalized spacial score (nSPS) is 12.5. The van der Waals surface area contributed by atoms with Crippen molar-refractivity contribution in [3.8, 4) is 0 Å². The molecule has 0 amide bonds. The highest BCUT2D eigenvalue weighted by Gasteiger charge is 2.14. The molecule has 0 bridgehead atoms. The van der Waals surface area contributed by atoms with Gasteiger partial charge in [0.2, 0.25) is 0 Å². The van der Waals surface area contributed by atoms with Gasteiger partial charge in [0.1, 0.15) is 5.82 Å². The van der Waals surface area contributed by atoms with Crippen molar-refractivity contribution in [2.24, 2.45) is 0 Å². The van der Waals surface area contributed by atoms with Gasteiger partial charge in [-0.25, -0.2) is 4.98 Å². The number of hydrogen-bond donors (Lipinski definition) is 1. The third-order valence-electron chi connectivity index (χ3n) is 2.57. The Labute approximate surface area is 96.1 Å². The minimum Gasteiger partial charge on any atom is -0.382 e. The van der Waals surface area contributed by atoms with Crippen LogP contribution in [0.15, 0.2) is 18.3 Å². The molecular weight excluding hydrogens is 206 g/mol. The Morgan fingerprint density at radius 2 is 2.33 bits per heavy atom. The summed E-state index contributed by atoms with van der Waals surface area (Å²) in [5, 5.41) is 0. The second-order valence-electron chi connectivity index (χ2n) is 3.54. The fourth-order valence-corrected chi connectivity index (χ4v) is 2.44. The Morgan fingerprint density at radius 1 is 1.60 bits per heavy atom. The maximum Gasteiger partial charge on any atom is 0.146 e. The Kier molecular flexibility index (Phi) is 4.75. The zero-order valence-electron chi connectivity index (χ0n) is 9.60. The SMILES string of the molecule is CCC(CSC)N(C)c1cccnc1N. The van der Waals surface area contributed by atoms with Gasteiger partial charge in [0, 0.05) is 25.0 Å². The van der Waals surface area contributed by atoms with E-state index in [1.165, 1.54) is 0 Å². The molecule has 0 spiro atoms. The maximum atomic E-state index is 5.85. The lowest BCUT2D eigenvalue weighted by Crippen LogP contribution is -2.33. The molecule has 84 valence electrons. The first-order valence-corrected chi connectivity index (χ1v) is 6.52. The second-order valence-corrected chi connectivity index (χ2v) is 4.45. The highest BCUT2D eigenvalue weighted by atomic mass is 32.2. The number of pyridine rings is 1. The van der Waals surface area contributed by atoms with E-state index in [-0.39, 0.29) is 0 Å². The van der Waals surface area contributed by atoms with Crippen molar-refractivity contribution < 1.29 is 0 Å². The Balaban J connectivity index is 2.82. The zero-order valence-corrected chi connectivity index (χ0v) is 10.4. The minimum atomic E-state index is 0.520. The van der Waals surface area contributed by atoms with E-state index in [1.807, 2.05) is 23.9 Å². The van der Waals surface area contributed by atoms with Gasteiger partial charge in [0.05, 0.1) is 5.69 Å². The van der Waals surface area contributed by atoms with E-state index >= 15 is 0 Å². The summed E-state index contributed by atoms with van der Waals surface area (Å²) < 4.78 is 0. The highest BCUT2D eigenvalue weighted by molar-refractivity contribution is 7.98. The van der Waals surface area contributed by atoms with E-state index in [2.05, 4.69) is 30.1 Å². The lowest BCUT2D eigenvalue weighted by atomic mass is 10.2. The molecule has 0 aliphatic rings. The summed E-state index contributed by atoms with van der Waals surface area (Å²) in [7, 11) is 2.08. The smallest absolute Gasteiger partial charge is 0.146 e. The molecule has 0 aliphatic carbocycles. The standard InChI is InChI=1S/C11H19N3S/c1-4-9(8-15-3)14(2)10-6-5-7-13-11(10)12/h5-7,9H,4,8H2,1-3H3,(H2,12,13). The quantitative estimate of drug-likeness (QED) is 0.834. The summed E-state index contributed by atoms with van der Waals surface area (Å²) in [6, 6.07) is 4.46. The predicted molar refractivity (Wildman–Crippen MR) is 69.5 cm³/mol.